The molecule has 2 aliphatic rings. The Morgan fingerprint density at radius 2 is 1.40 bits per heavy atom. The van der Waals surface area contributed by atoms with Gasteiger partial charge in [-0.05, 0) is 38.3 Å². The molecule has 15 heavy (non-hydrogen) atoms. The van der Waals surface area contributed by atoms with Crippen LogP contribution in [0.2, 0.25) is 12.6 Å². The van der Waals surface area contributed by atoms with E-state index in [2.05, 4.69) is 30.3 Å². The van der Waals surface area contributed by atoms with Gasteiger partial charge in [-0.2, -0.15) is 0 Å². The average molecular weight is 196 g/mol. The van der Waals surface area contributed by atoms with E-state index in [0.717, 1.165) is 6.71 Å². The molecule has 0 N–H and O–H groups in total. The van der Waals surface area contributed by atoms with Gasteiger partial charge in [0.25, 0.3) is 0 Å². The minimum Gasteiger partial charge on any atom is -0.0794 e. The van der Waals surface area contributed by atoms with Crippen molar-refractivity contribution in [3.05, 3.63) is 41.5 Å². The second-order valence-electron chi connectivity index (χ2n) is 4.93. The minimum atomic E-state index is 0.800. The highest BCUT2D eigenvalue weighted by molar-refractivity contribution is 6.75. The third kappa shape index (κ3) is 1.76. The lowest BCUT2D eigenvalue weighted by atomic mass is 9.42. The third-order valence-electron chi connectivity index (χ3n) is 3.96. The summed E-state index contributed by atoms with van der Waals surface area (Å²) in [6.45, 7) is 0.800. The first-order valence-electron chi connectivity index (χ1n) is 6.18. The van der Waals surface area contributed by atoms with Crippen molar-refractivity contribution in [2.75, 3.05) is 0 Å². The summed E-state index contributed by atoms with van der Waals surface area (Å²) in [5, 5.41) is 0. The van der Waals surface area contributed by atoms with Crippen molar-refractivity contribution in [2.45, 2.75) is 38.3 Å². The summed E-state index contributed by atoms with van der Waals surface area (Å²) in [5.41, 5.74) is 5.15. The monoisotopic (exact) mass is 196 g/mol. The van der Waals surface area contributed by atoms with E-state index in [-0.39, 0.29) is 0 Å². The highest BCUT2D eigenvalue weighted by Crippen LogP contribution is 2.37. The van der Waals surface area contributed by atoms with Gasteiger partial charge in [0.05, 0.1) is 0 Å². The van der Waals surface area contributed by atoms with Crippen LogP contribution in [0.4, 0.5) is 0 Å². The molecule has 0 spiro atoms. The molecule has 1 aliphatic carbocycles. The molecule has 1 aromatic carbocycles. The Kier molecular flexibility index (Phi) is 2.40. The Morgan fingerprint density at radius 1 is 0.800 bits per heavy atom. The fourth-order valence-electron chi connectivity index (χ4n) is 3.15. The summed E-state index contributed by atoms with van der Waals surface area (Å²) in [5.74, 6) is 0. The van der Waals surface area contributed by atoms with Crippen LogP contribution in [0.25, 0.3) is 0 Å². The average Bonchev–Trinajstić information content (AvgIpc) is 2.74. The van der Waals surface area contributed by atoms with Crippen molar-refractivity contribution >= 4 is 12.2 Å². The summed E-state index contributed by atoms with van der Waals surface area (Å²) in [4.78, 5) is 0. The number of hydrogen-bond donors (Lipinski definition) is 0. The van der Waals surface area contributed by atoms with Gasteiger partial charge in [-0.1, -0.05) is 46.9 Å². The van der Waals surface area contributed by atoms with Crippen LogP contribution in [-0.4, -0.2) is 6.71 Å². The smallest absolute Gasteiger partial charge is 0.0794 e. The first-order chi connectivity index (χ1) is 7.43. The van der Waals surface area contributed by atoms with Crippen molar-refractivity contribution < 1.29 is 0 Å². The first kappa shape index (κ1) is 9.27. The zero-order chi connectivity index (χ0) is 10.1. The van der Waals surface area contributed by atoms with E-state index >= 15 is 0 Å². The molecule has 1 aromatic rings. The van der Waals surface area contributed by atoms with E-state index in [1.54, 1.807) is 16.6 Å². The second kappa shape index (κ2) is 3.88. The number of benzene rings is 1. The second-order valence-corrected chi connectivity index (χ2v) is 4.93. The molecule has 3 rings (SSSR count). The van der Waals surface area contributed by atoms with Gasteiger partial charge in [0.15, 0.2) is 6.71 Å². The van der Waals surface area contributed by atoms with E-state index in [9.17, 15) is 0 Å². The van der Waals surface area contributed by atoms with Gasteiger partial charge in [0.2, 0.25) is 0 Å². The number of hydrogen-bond acceptors (Lipinski definition) is 0. The molecule has 0 bridgehead atoms. The lowest BCUT2D eigenvalue weighted by molar-refractivity contribution is 0.679. The molecule has 0 amide bonds. The maximum absolute atomic E-state index is 2.29. The standard InChI is InChI=1S/C14H17B/c1-2-8-14(9-3-1)15-10-12-6-4-5-7-13(12)11-15/h1-3,8-9H,4-7,10-11H2. The van der Waals surface area contributed by atoms with Gasteiger partial charge in [0.1, 0.15) is 0 Å². The lowest BCUT2D eigenvalue weighted by Gasteiger charge is -2.12. The summed E-state index contributed by atoms with van der Waals surface area (Å²) in [7, 11) is 0. The Balaban J connectivity index is 1.79. The van der Waals surface area contributed by atoms with Crippen LogP contribution in [0.3, 0.4) is 0 Å². The Hall–Kier alpha value is -0.975. The van der Waals surface area contributed by atoms with Crippen LogP contribution in [0.1, 0.15) is 25.7 Å². The van der Waals surface area contributed by atoms with Crippen LogP contribution >= 0.6 is 0 Å². The molecule has 0 saturated carbocycles. The lowest BCUT2D eigenvalue weighted by Crippen LogP contribution is -2.26. The third-order valence-corrected chi connectivity index (χ3v) is 3.96. The molecule has 0 saturated heterocycles. The summed E-state index contributed by atoms with van der Waals surface area (Å²) < 4.78 is 0. The van der Waals surface area contributed by atoms with Crippen LogP contribution in [-0.2, 0) is 0 Å². The van der Waals surface area contributed by atoms with Crippen LogP contribution < -0.4 is 5.46 Å². The van der Waals surface area contributed by atoms with E-state index < -0.39 is 0 Å². The normalized spacial score (nSPS) is 20.7. The highest BCUT2D eigenvalue weighted by atomic mass is 14.2. The fourth-order valence-corrected chi connectivity index (χ4v) is 3.15. The van der Waals surface area contributed by atoms with Crippen LogP contribution in [0.5, 0.6) is 0 Å². The van der Waals surface area contributed by atoms with Crippen LogP contribution in [0.15, 0.2) is 41.5 Å². The molecule has 0 aromatic heterocycles. The van der Waals surface area contributed by atoms with Gasteiger partial charge in [-0.3, -0.25) is 0 Å². The Morgan fingerprint density at radius 3 is 2.00 bits per heavy atom. The molecule has 1 aliphatic heterocycles. The van der Waals surface area contributed by atoms with Gasteiger partial charge >= 0.3 is 0 Å². The van der Waals surface area contributed by atoms with Gasteiger partial charge < -0.3 is 0 Å². The van der Waals surface area contributed by atoms with E-state index in [1.807, 2.05) is 0 Å². The van der Waals surface area contributed by atoms with Crippen molar-refractivity contribution in [3.63, 3.8) is 0 Å². The molecule has 1 heterocycles. The van der Waals surface area contributed by atoms with Crippen molar-refractivity contribution in [1.29, 1.82) is 0 Å². The predicted octanol–water partition coefficient (Wildman–Crippen LogP) is 3.27. The highest BCUT2D eigenvalue weighted by Gasteiger charge is 2.29. The largest absolute Gasteiger partial charge is 0.184 e. The zero-order valence-electron chi connectivity index (χ0n) is 9.21. The minimum absolute atomic E-state index is 0.800. The Bertz CT molecular complexity index is 360. The summed E-state index contributed by atoms with van der Waals surface area (Å²) in [6, 6.07) is 11.1. The molecular weight excluding hydrogens is 179 g/mol. The maximum atomic E-state index is 2.29. The van der Waals surface area contributed by atoms with E-state index in [1.165, 1.54) is 38.3 Å². The fraction of sp³-hybridized carbons (Fsp3) is 0.429. The quantitative estimate of drug-likeness (QED) is 0.477. The van der Waals surface area contributed by atoms with Gasteiger partial charge in [-0.25, -0.2) is 0 Å². The summed E-state index contributed by atoms with van der Waals surface area (Å²) in [6.07, 6.45) is 8.33. The Labute approximate surface area is 92.5 Å². The number of allylic oxidation sites excluding steroid dienone is 2. The molecule has 76 valence electrons. The SMILES string of the molecule is c1ccc(B2CC3=C(CCCC3)C2)cc1. The molecule has 0 radical (unpaired) electrons. The maximum Gasteiger partial charge on any atom is 0.184 e. The molecule has 0 unspecified atom stereocenters. The molecule has 0 fully saturated rings. The first-order valence-corrected chi connectivity index (χ1v) is 6.18. The van der Waals surface area contributed by atoms with Crippen molar-refractivity contribution in [3.8, 4) is 0 Å². The molecular formula is C14H17B. The zero-order valence-corrected chi connectivity index (χ0v) is 9.21. The van der Waals surface area contributed by atoms with Gasteiger partial charge in [0, 0.05) is 0 Å². The number of rotatable bonds is 1. The molecule has 1 heteroatoms. The van der Waals surface area contributed by atoms with Crippen molar-refractivity contribution in [2.24, 2.45) is 0 Å². The van der Waals surface area contributed by atoms with Crippen molar-refractivity contribution in [1.82, 2.24) is 0 Å². The van der Waals surface area contributed by atoms with E-state index in [0.29, 0.717) is 0 Å². The van der Waals surface area contributed by atoms with E-state index in [4.69, 9.17) is 0 Å². The van der Waals surface area contributed by atoms with Gasteiger partial charge in [-0.15, -0.1) is 0 Å². The topological polar surface area (TPSA) is 0 Å². The van der Waals surface area contributed by atoms with Crippen LogP contribution in [0, 0.1) is 0 Å². The predicted molar refractivity (Wildman–Crippen MR) is 66.9 cm³/mol. The molecule has 0 atom stereocenters. The molecule has 0 nitrogen and oxygen atoms in total. The summed E-state index contributed by atoms with van der Waals surface area (Å²) >= 11 is 0.